The van der Waals surface area contributed by atoms with Crippen molar-refractivity contribution in [3.63, 3.8) is 0 Å². The Morgan fingerprint density at radius 2 is 2.10 bits per heavy atom. The average Bonchev–Trinajstić information content (AvgIpc) is 2.34. The molecule has 1 fully saturated rings. The number of carboxylic acid groups (broad SMARTS) is 1. The Morgan fingerprint density at radius 1 is 1.40 bits per heavy atom. The number of amides is 1. The predicted molar refractivity (Wildman–Crippen MR) is 72.3 cm³/mol. The van der Waals surface area contributed by atoms with Crippen LogP contribution in [0.1, 0.15) is 36.0 Å². The lowest BCUT2D eigenvalue weighted by Crippen LogP contribution is -2.43. The van der Waals surface area contributed by atoms with E-state index in [-0.39, 0.29) is 23.6 Å². The van der Waals surface area contributed by atoms with Crippen molar-refractivity contribution in [1.29, 1.82) is 0 Å². The van der Waals surface area contributed by atoms with Gasteiger partial charge in [0.15, 0.2) is 0 Å². The van der Waals surface area contributed by atoms with E-state index in [1.807, 2.05) is 0 Å². The number of hydrogen-bond donors (Lipinski definition) is 2. The molecular formula is C14H15ClFNO3. The van der Waals surface area contributed by atoms with Crippen molar-refractivity contribution in [2.45, 2.75) is 25.7 Å². The maximum absolute atomic E-state index is 13.5. The zero-order valence-electron chi connectivity index (χ0n) is 10.8. The van der Waals surface area contributed by atoms with Crippen LogP contribution in [0.4, 0.5) is 4.39 Å². The minimum absolute atomic E-state index is 0.0192. The molecule has 0 bridgehead atoms. The van der Waals surface area contributed by atoms with Crippen molar-refractivity contribution in [2.75, 3.05) is 6.54 Å². The molecule has 0 aromatic heterocycles. The van der Waals surface area contributed by atoms with E-state index >= 15 is 0 Å². The fraction of sp³-hybridized carbons (Fsp3) is 0.429. The summed E-state index contributed by atoms with van der Waals surface area (Å²) < 4.78 is 13.5. The highest BCUT2D eigenvalue weighted by molar-refractivity contribution is 6.31. The summed E-state index contributed by atoms with van der Waals surface area (Å²) in [6.45, 7) is 0.240. The SMILES string of the molecule is O=C(O)CC1(CNC(=O)c2cc(Cl)ccc2F)CCC1. The van der Waals surface area contributed by atoms with Gasteiger partial charge in [0.1, 0.15) is 5.82 Å². The molecule has 6 heteroatoms. The second-order valence-electron chi connectivity index (χ2n) is 5.23. The molecule has 20 heavy (non-hydrogen) atoms. The summed E-state index contributed by atoms with van der Waals surface area (Å²) in [6.07, 6.45) is 2.50. The Labute approximate surface area is 120 Å². The fourth-order valence-electron chi connectivity index (χ4n) is 2.45. The van der Waals surface area contributed by atoms with Gasteiger partial charge in [-0.1, -0.05) is 18.0 Å². The van der Waals surface area contributed by atoms with Gasteiger partial charge in [-0.05, 0) is 36.5 Å². The third-order valence-electron chi connectivity index (χ3n) is 3.74. The first-order valence-corrected chi connectivity index (χ1v) is 6.75. The highest BCUT2D eigenvalue weighted by atomic mass is 35.5. The van der Waals surface area contributed by atoms with Crippen LogP contribution in [0.3, 0.4) is 0 Å². The predicted octanol–water partition coefficient (Wildman–Crippen LogP) is 2.85. The van der Waals surface area contributed by atoms with Gasteiger partial charge in [-0.3, -0.25) is 9.59 Å². The van der Waals surface area contributed by atoms with E-state index in [2.05, 4.69) is 5.32 Å². The van der Waals surface area contributed by atoms with E-state index in [1.54, 1.807) is 0 Å². The van der Waals surface area contributed by atoms with Crippen molar-refractivity contribution < 1.29 is 19.1 Å². The molecule has 0 heterocycles. The third kappa shape index (κ3) is 3.28. The Hall–Kier alpha value is -1.62. The van der Waals surface area contributed by atoms with Gasteiger partial charge in [-0.15, -0.1) is 0 Å². The van der Waals surface area contributed by atoms with Crippen LogP contribution in [0.5, 0.6) is 0 Å². The monoisotopic (exact) mass is 299 g/mol. The molecule has 108 valence electrons. The number of aliphatic carboxylic acids is 1. The van der Waals surface area contributed by atoms with Gasteiger partial charge in [0.25, 0.3) is 5.91 Å². The first kappa shape index (κ1) is 14.8. The Morgan fingerprint density at radius 3 is 2.65 bits per heavy atom. The van der Waals surface area contributed by atoms with Crippen LogP contribution in [0.2, 0.25) is 5.02 Å². The second kappa shape index (κ2) is 5.79. The van der Waals surface area contributed by atoms with E-state index in [9.17, 15) is 14.0 Å². The van der Waals surface area contributed by atoms with E-state index in [1.165, 1.54) is 12.1 Å². The molecule has 4 nitrogen and oxygen atoms in total. The first-order valence-electron chi connectivity index (χ1n) is 6.37. The molecule has 2 N–H and O–H groups in total. The summed E-state index contributed by atoms with van der Waals surface area (Å²) in [5.74, 6) is -2.10. The number of rotatable bonds is 5. The fourth-order valence-corrected chi connectivity index (χ4v) is 2.62. The van der Waals surface area contributed by atoms with Gasteiger partial charge in [-0.2, -0.15) is 0 Å². The number of halogens is 2. The Balaban J connectivity index is 2.01. The van der Waals surface area contributed by atoms with Gasteiger partial charge < -0.3 is 10.4 Å². The maximum Gasteiger partial charge on any atom is 0.303 e. The summed E-state index contributed by atoms with van der Waals surface area (Å²) in [7, 11) is 0. The number of benzene rings is 1. The molecule has 0 saturated heterocycles. The molecule has 1 saturated carbocycles. The van der Waals surface area contributed by atoms with E-state index in [0.717, 1.165) is 25.3 Å². The van der Waals surface area contributed by atoms with Crippen molar-refractivity contribution in [1.82, 2.24) is 5.32 Å². The molecule has 0 radical (unpaired) electrons. The molecule has 1 amide bonds. The van der Waals surface area contributed by atoms with Crippen molar-refractivity contribution >= 4 is 23.5 Å². The highest BCUT2D eigenvalue weighted by Crippen LogP contribution is 2.43. The van der Waals surface area contributed by atoms with E-state index in [0.29, 0.717) is 0 Å². The lowest BCUT2D eigenvalue weighted by molar-refractivity contribution is -0.141. The van der Waals surface area contributed by atoms with Crippen LogP contribution in [-0.2, 0) is 4.79 Å². The van der Waals surface area contributed by atoms with Crippen LogP contribution in [0.25, 0.3) is 0 Å². The van der Waals surface area contributed by atoms with Gasteiger partial charge in [0.05, 0.1) is 12.0 Å². The van der Waals surface area contributed by atoms with E-state index in [4.69, 9.17) is 16.7 Å². The smallest absolute Gasteiger partial charge is 0.303 e. The molecule has 0 unspecified atom stereocenters. The van der Waals surface area contributed by atoms with Crippen molar-refractivity contribution in [2.24, 2.45) is 5.41 Å². The summed E-state index contributed by atoms with van der Waals surface area (Å²) in [5, 5.41) is 11.8. The molecule has 1 aromatic carbocycles. The lowest BCUT2D eigenvalue weighted by atomic mass is 9.66. The number of carbonyl (C=O) groups excluding carboxylic acids is 1. The minimum Gasteiger partial charge on any atom is -0.481 e. The topological polar surface area (TPSA) is 66.4 Å². The molecule has 0 aliphatic heterocycles. The van der Waals surface area contributed by atoms with Crippen LogP contribution in [0.15, 0.2) is 18.2 Å². The van der Waals surface area contributed by atoms with Crippen molar-refractivity contribution in [3.8, 4) is 0 Å². The van der Waals surface area contributed by atoms with Crippen molar-refractivity contribution in [3.05, 3.63) is 34.6 Å². The standard InChI is InChI=1S/C14H15ClFNO3/c15-9-2-3-11(16)10(6-9)13(20)17-8-14(4-1-5-14)7-12(18)19/h2-3,6H,1,4-5,7-8H2,(H,17,20)(H,18,19). The van der Waals surface area contributed by atoms with Gasteiger partial charge in [-0.25, -0.2) is 4.39 Å². The van der Waals surface area contributed by atoms with Crippen LogP contribution in [-0.4, -0.2) is 23.5 Å². The van der Waals surface area contributed by atoms with Crippen LogP contribution < -0.4 is 5.32 Å². The number of nitrogens with one attached hydrogen (secondary N) is 1. The highest BCUT2D eigenvalue weighted by Gasteiger charge is 2.39. The molecule has 2 rings (SSSR count). The molecule has 0 atom stereocenters. The van der Waals surface area contributed by atoms with E-state index < -0.39 is 23.1 Å². The minimum atomic E-state index is -0.882. The third-order valence-corrected chi connectivity index (χ3v) is 3.97. The molecule has 1 aliphatic rings. The Kier molecular flexibility index (Phi) is 4.28. The lowest BCUT2D eigenvalue weighted by Gasteiger charge is -2.40. The summed E-state index contributed by atoms with van der Waals surface area (Å²) in [6, 6.07) is 3.76. The zero-order valence-corrected chi connectivity index (χ0v) is 11.5. The summed E-state index contributed by atoms with van der Waals surface area (Å²) in [4.78, 5) is 22.8. The van der Waals surface area contributed by atoms with Gasteiger partial charge in [0, 0.05) is 11.6 Å². The second-order valence-corrected chi connectivity index (χ2v) is 5.67. The average molecular weight is 300 g/mol. The first-order chi connectivity index (χ1) is 9.42. The van der Waals surface area contributed by atoms with Crippen LogP contribution >= 0.6 is 11.6 Å². The molecule has 1 aromatic rings. The number of carboxylic acids is 1. The Bertz CT molecular complexity index is 543. The summed E-state index contributed by atoms with van der Waals surface area (Å²) >= 11 is 5.73. The summed E-state index contributed by atoms with van der Waals surface area (Å²) in [5.41, 5.74) is -0.515. The maximum atomic E-state index is 13.5. The molecule has 0 spiro atoms. The van der Waals surface area contributed by atoms with Crippen LogP contribution in [0, 0.1) is 11.2 Å². The molecule has 1 aliphatic carbocycles. The van der Waals surface area contributed by atoms with Gasteiger partial charge in [0.2, 0.25) is 0 Å². The van der Waals surface area contributed by atoms with Gasteiger partial charge >= 0.3 is 5.97 Å². The number of carbonyl (C=O) groups is 2. The quantitative estimate of drug-likeness (QED) is 0.878. The largest absolute Gasteiger partial charge is 0.481 e. The normalized spacial score (nSPS) is 16.3. The zero-order chi connectivity index (χ0) is 14.8. The molecular weight excluding hydrogens is 285 g/mol. The number of hydrogen-bond acceptors (Lipinski definition) is 2.